The number of hydrogen-bond donors (Lipinski definition) is 2. The van der Waals surface area contributed by atoms with E-state index in [4.69, 9.17) is 9.47 Å². The molecule has 0 saturated heterocycles. The highest BCUT2D eigenvalue weighted by Crippen LogP contribution is 2.14. The van der Waals surface area contributed by atoms with E-state index in [0.717, 1.165) is 10.6 Å². The predicted molar refractivity (Wildman–Crippen MR) is 111 cm³/mol. The highest BCUT2D eigenvalue weighted by atomic mass is 127. The van der Waals surface area contributed by atoms with Gasteiger partial charge in [0.1, 0.15) is 11.6 Å². The lowest BCUT2D eigenvalue weighted by Gasteiger charge is -2.13. The van der Waals surface area contributed by atoms with E-state index in [2.05, 4.69) is 25.6 Å². The number of nitrogens with zero attached hydrogens (tertiary/aromatic N) is 3. The van der Waals surface area contributed by atoms with Crippen LogP contribution >= 0.6 is 35.3 Å². The summed E-state index contributed by atoms with van der Waals surface area (Å²) in [4.78, 5) is 14.0. The van der Waals surface area contributed by atoms with Crippen LogP contribution in [0.3, 0.4) is 0 Å². The Kier molecular flexibility index (Phi) is 10.3. The molecule has 2 heterocycles. The lowest BCUT2D eigenvalue weighted by molar-refractivity contribution is 0.143. The zero-order valence-electron chi connectivity index (χ0n) is 14.6. The number of aromatic nitrogens is 2. The van der Waals surface area contributed by atoms with Crippen LogP contribution in [0.15, 0.2) is 29.5 Å². The van der Waals surface area contributed by atoms with Crippen molar-refractivity contribution >= 4 is 41.3 Å². The van der Waals surface area contributed by atoms with Crippen LogP contribution in [-0.2, 0) is 17.8 Å². The second-order valence-electron chi connectivity index (χ2n) is 4.95. The van der Waals surface area contributed by atoms with Crippen LogP contribution in [0.1, 0.15) is 15.4 Å². The van der Waals surface area contributed by atoms with Crippen molar-refractivity contribution in [2.24, 2.45) is 4.99 Å². The SMILES string of the molecule is CN=C(NCc1ncc(C)s1)NCc1cccnc1OCCOC.I. The van der Waals surface area contributed by atoms with Crippen LogP contribution < -0.4 is 15.4 Å². The Balaban J connectivity index is 0.00000312. The van der Waals surface area contributed by atoms with Crippen LogP contribution in [0, 0.1) is 6.92 Å². The van der Waals surface area contributed by atoms with Gasteiger partial charge in [-0.25, -0.2) is 9.97 Å². The van der Waals surface area contributed by atoms with Gasteiger partial charge in [0.15, 0.2) is 5.96 Å². The molecule has 0 aliphatic heterocycles. The Labute approximate surface area is 169 Å². The van der Waals surface area contributed by atoms with Gasteiger partial charge in [0.25, 0.3) is 0 Å². The number of guanidine groups is 1. The third kappa shape index (κ3) is 7.53. The van der Waals surface area contributed by atoms with Gasteiger partial charge in [0.05, 0.1) is 13.2 Å². The van der Waals surface area contributed by atoms with Crippen molar-refractivity contribution in [3.05, 3.63) is 40.0 Å². The third-order valence-corrected chi connectivity index (χ3v) is 4.04. The zero-order valence-corrected chi connectivity index (χ0v) is 17.8. The van der Waals surface area contributed by atoms with E-state index in [1.165, 1.54) is 4.88 Å². The zero-order chi connectivity index (χ0) is 17.2. The Bertz CT molecular complexity index is 665. The van der Waals surface area contributed by atoms with E-state index in [1.807, 2.05) is 25.3 Å². The minimum Gasteiger partial charge on any atom is -0.475 e. The summed E-state index contributed by atoms with van der Waals surface area (Å²) < 4.78 is 10.6. The van der Waals surface area contributed by atoms with Crippen molar-refractivity contribution in [2.75, 3.05) is 27.4 Å². The Morgan fingerprint density at radius 1 is 1.24 bits per heavy atom. The van der Waals surface area contributed by atoms with E-state index < -0.39 is 0 Å². The highest BCUT2D eigenvalue weighted by Gasteiger charge is 2.06. The standard InChI is InChI=1S/C16H23N5O2S.HI/c1-12-9-19-14(24-12)11-21-16(17-2)20-10-13-5-4-6-18-15(13)23-8-7-22-3;/h4-6,9H,7-8,10-11H2,1-3H3,(H2,17,20,21);1H. The molecule has 0 spiro atoms. The van der Waals surface area contributed by atoms with E-state index in [0.29, 0.717) is 38.1 Å². The van der Waals surface area contributed by atoms with Gasteiger partial charge in [-0.2, -0.15) is 0 Å². The van der Waals surface area contributed by atoms with Crippen LogP contribution in [0.5, 0.6) is 5.88 Å². The van der Waals surface area contributed by atoms with Gasteiger partial charge in [-0.05, 0) is 13.0 Å². The Morgan fingerprint density at radius 3 is 2.72 bits per heavy atom. The van der Waals surface area contributed by atoms with Crippen molar-refractivity contribution in [1.82, 2.24) is 20.6 Å². The largest absolute Gasteiger partial charge is 0.475 e. The highest BCUT2D eigenvalue weighted by molar-refractivity contribution is 14.0. The lowest BCUT2D eigenvalue weighted by atomic mass is 10.2. The van der Waals surface area contributed by atoms with Gasteiger partial charge < -0.3 is 20.1 Å². The molecule has 0 fully saturated rings. The van der Waals surface area contributed by atoms with E-state index in [1.54, 1.807) is 31.7 Å². The summed E-state index contributed by atoms with van der Waals surface area (Å²) in [6.45, 7) is 4.24. The second kappa shape index (κ2) is 12.0. The molecular weight excluding hydrogens is 453 g/mol. The quantitative estimate of drug-likeness (QED) is 0.263. The minimum atomic E-state index is 0. The van der Waals surface area contributed by atoms with Gasteiger partial charge in [-0.1, -0.05) is 6.07 Å². The molecule has 2 N–H and O–H groups in total. The van der Waals surface area contributed by atoms with Gasteiger partial charge in [-0.15, -0.1) is 35.3 Å². The number of aryl methyl sites for hydroxylation is 1. The second-order valence-corrected chi connectivity index (χ2v) is 6.27. The maximum atomic E-state index is 5.63. The fourth-order valence-corrected chi connectivity index (χ4v) is 2.68. The molecule has 138 valence electrons. The molecule has 0 atom stereocenters. The maximum absolute atomic E-state index is 5.63. The first-order valence-electron chi connectivity index (χ1n) is 7.64. The number of halogens is 1. The molecule has 0 aromatic carbocycles. The molecule has 0 saturated carbocycles. The first-order valence-corrected chi connectivity index (χ1v) is 8.46. The average Bonchev–Trinajstić information content (AvgIpc) is 3.02. The molecule has 2 rings (SSSR count). The summed E-state index contributed by atoms with van der Waals surface area (Å²) in [7, 11) is 3.38. The number of thiazole rings is 1. The van der Waals surface area contributed by atoms with E-state index in [9.17, 15) is 0 Å². The number of rotatable bonds is 8. The molecule has 2 aromatic heterocycles. The number of hydrogen-bond acceptors (Lipinski definition) is 6. The van der Waals surface area contributed by atoms with Crippen molar-refractivity contribution in [3.8, 4) is 5.88 Å². The van der Waals surface area contributed by atoms with E-state index >= 15 is 0 Å². The maximum Gasteiger partial charge on any atom is 0.218 e. The number of pyridine rings is 1. The fraction of sp³-hybridized carbons (Fsp3) is 0.438. The number of methoxy groups -OCH3 is 1. The number of aliphatic imine (C=N–C) groups is 1. The first-order chi connectivity index (χ1) is 11.7. The van der Waals surface area contributed by atoms with Crippen molar-refractivity contribution in [3.63, 3.8) is 0 Å². The summed E-state index contributed by atoms with van der Waals surface area (Å²) in [6.07, 6.45) is 3.58. The molecule has 2 aromatic rings. The van der Waals surface area contributed by atoms with Gasteiger partial charge >= 0.3 is 0 Å². The van der Waals surface area contributed by atoms with Crippen molar-refractivity contribution in [2.45, 2.75) is 20.0 Å². The molecule has 0 aliphatic carbocycles. The van der Waals surface area contributed by atoms with Gasteiger partial charge in [0.2, 0.25) is 5.88 Å². The fourth-order valence-electron chi connectivity index (χ4n) is 1.95. The van der Waals surface area contributed by atoms with Crippen molar-refractivity contribution in [1.29, 1.82) is 0 Å². The molecule has 7 nitrogen and oxygen atoms in total. The first kappa shape index (κ1) is 21.6. The summed E-state index contributed by atoms with van der Waals surface area (Å²) in [5, 5.41) is 7.53. The normalized spacial score (nSPS) is 10.9. The molecular formula is C16H24IN5O2S. The average molecular weight is 477 g/mol. The topological polar surface area (TPSA) is 80.7 Å². The minimum absolute atomic E-state index is 0. The lowest BCUT2D eigenvalue weighted by Crippen LogP contribution is -2.36. The van der Waals surface area contributed by atoms with Gasteiger partial charge in [0, 0.05) is 43.5 Å². The number of ether oxygens (including phenoxy) is 2. The predicted octanol–water partition coefficient (Wildman–Crippen LogP) is 2.35. The summed E-state index contributed by atoms with van der Waals surface area (Å²) >= 11 is 1.67. The molecule has 0 amide bonds. The molecule has 0 unspecified atom stereocenters. The number of nitrogens with one attached hydrogen (secondary N) is 2. The molecule has 25 heavy (non-hydrogen) atoms. The summed E-state index contributed by atoms with van der Waals surface area (Å²) in [6, 6.07) is 3.86. The van der Waals surface area contributed by atoms with Crippen molar-refractivity contribution < 1.29 is 9.47 Å². The summed E-state index contributed by atoms with van der Waals surface area (Å²) in [5.41, 5.74) is 0.960. The van der Waals surface area contributed by atoms with E-state index in [-0.39, 0.29) is 24.0 Å². The Hall–Kier alpha value is -1.46. The third-order valence-electron chi connectivity index (χ3n) is 3.12. The van der Waals surface area contributed by atoms with Gasteiger partial charge in [-0.3, -0.25) is 4.99 Å². The molecule has 9 heteroatoms. The van der Waals surface area contributed by atoms with Crippen LogP contribution in [-0.4, -0.2) is 43.3 Å². The summed E-state index contributed by atoms with van der Waals surface area (Å²) in [5.74, 6) is 1.31. The molecule has 0 aliphatic rings. The Morgan fingerprint density at radius 2 is 2.04 bits per heavy atom. The monoisotopic (exact) mass is 477 g/mol. The molecule has 0 bridgehead atoms. The van der Waals surface area contributed by atoms with Crippen LogP contribution in [0.4, 0.5) is 0 Å². The smallest absolute Gasteiger partial charge is 0.218 e. The van der Waals surface area contributed by atoms with Crippen LogP contribution in [0.25, 0.3) is 0 Å². The molecule has 0 radical (unpaired) electrons. The van der Waals surface area contributed by atoms with Crippen LogP contribution in [0.2, 0.25) is 0 Å².